The van der Waals surface area contributed by atoms with E-state index in [4.69, 9.17) is 9.47 Å². The summed E-state index contributed by atoms with van der Waals surface area (Å²) in [5.74, 6) is 3.07. The first-order valence-corrected chi connectivity index (χ1v) is 8.94. The number of ether oxygens (including phenoxy) is 2. The Kier molecular flexibility index (Phi) is 6.68. The van der Waals surface area contributed by atoms with Crippen LogP contribution in [0.1, 0.15) is 12.5 Å². The minimum atomic E-state index is 0.301. The van der Waals surface area contributed by atoms with Gasteiger partial charge in [0.15, 0.2) is 0 Å². The monoisotopic (exact) mass is 359 g/mol. The smallest absolute Gasteiger partial charge is 0.133 e. The second-order valence-electron chi connectivity index (χ2n) is 4.82. The van der Waals surface area contributed by atoms with Crippen molar-refractivity contribution in [3.63, 3.8) is 0 Å². The lowest BCUT2D eigenvalue weighted by Gasteiger charge is -2.31. The van der Waals surface area contributed by atoms with Crippen LogP contribution in [0.25, 0.3) is 0 Å². The lowest BCUT2D eigenvalue weighted by molar-refractivity contribution is 0.0476. The number of hydrogen-bond acceptors (Lipinski definition) is 4. The molecule has 2 rings (SSSR count). The molecule has 0 bridgehead atoms. The summed E-state index contributed by atoms with van der Waals surface area (Å²) >= 11 is 5.53. The van der Waals surface area contributed by atoms with Gasteiger partial charge in [0, 0.05) is 17.5 Å². The number of likely N-dealkylation sites (N-methyl/N-ethyl adjacent to an activating group) is 1. The van der Waals surface area contributed by atoms with E-state index in [-0.39, 0.29) is 0 Å². The molecule has 1 N–H and O–H groups in total. The molecular weight excluding hydrogens is 338 g/mol. The highest BCUT2D eigenvalue weighted by molar-refractivity contribution is 9.10. The Bertz CT molecular complexity index is 424. The molecule has 0 radical (unpaired) electrons. The maximum Gasteiger partial charge on any atom is 0.133 e. The van der Waals surface area contributed by atoms with E-state index in [2.05, 4.69) is 40.3 Å². The van der Waals surface area contributed by atoms with Gasteiger partial charge in [-0.25, -0.2) is 0 Å². The van der Waals surface area contributed by atoms with Gasteiger partial charge in [0.2, 0.25) is 0 Å². The van der Waals surface area contributed by atoms with Crippen LogP contribution in [0.5, 0.6) is 5.75 Å². The molecule has 1 aliphatic rings. The summed E-state index contributed by atoms with van der Waals surface area (Å²) in [6, 6.07) is 6.65. The molecule has 1 fully saturated rings. The zero-order valence-corrected chi connectivity index (χ0v) is 14.4. The van der Waals surface area contributed by atoms with Crippen molar-refractivity contribution in [2.24, 2.45) is 0 Å². The molecule has 0 amide bonds. The van der Waals surface area contributed by atoms with Gasteiger partial charge in [-0.1, -0.05) is 13.0 Å². The van der Waals surface area contributed by atoms with Crippen molar-refractivity contribution in [3.8, 4) is 5.75 Å². The molecule has 1 heterocycles. The Morgan fingerprint density at radius 2 is 2.40 bits per heavy atom. The lowest BCUT2D eigenvalue weighted by atomic mass is 10.0. The second-order valence-corrected chi connectivity index (χ2v) is 6.83. The van der Waals surface area contributed by atoms with E-state index >= 15 is 0 Å². The molecule has 0 saturated carbocycles. The normalized spacial score (nSPS) is 20.6. The minimum absolute atomic E-state index is 0.301. The first-order valence-electron chi connectivity index (χ1n) is 6.99. The number of halogens is 1. The van der Waals surface area contributed by atoms with Crippen LogP contribution in [0.4, 0.5) is 0 Å². The Morgan fingerprint density at radius 3 is 3.00 bits per heavy atom. The Labute approximate surface area is 133 Å². The fourth-order valence-electron chi connectivity index (χ4n) is 2.43. The Morgan fingerprint density at radius 1 is 1.55 bits per heavy atom. The SMILES string of the molecule is CCNC(Cc1ccc(OC)c(Br)c1)C1CSCCO1. The summed E-state index contributed by atoms with van der Waals surface area (Å²) in [6.45, 7) is 3.98. The standard InChI is InChI=1S/C15H22BrNO2S/c1-3-17-13(15-10-20-7-6-19-15)9-11-4-5-14(18-2)12(16)8-11/h4-5,8,13,15,17H,3,6-7,9-10H2,1-2H3. The van der Waals surface area contributed by atoms with Crippen LogP contribution >= 0.6 is 27.7 Å². The summed E-state index contributed by atoms with van der Waals surface area (Å²) in [5.41, 5.74) is 1.29. The number of methoxy groups -OCH3 is 1. The molecule has 0 aliphatic carbocycles. The molecule has 1 saturated heterocycles. The van der Waals surface area contributed by atoms with Gasteiger partial charge in [0.25, 0.3) is 0 Å². The van der Waals surface area contributed by atoms with Crippen LogP contribution < -0.4 is 10.1 Å². The van der Waals surface area contributed by atoms with Crippen LogP contribution in [0.15, 0.2) is 22.7 Å². The van der Waals surface area contributed by atoms with E-state index in [9.17, 15) is 0 Å². The first-order chi connectivity index (χ1) is 9.74. The summed E-state index contributed by atoms with van der Waals surface area (Å²) < 4.78 is 12.2. The average molecular weight is 360 g/mol. The molecular formula is C15H22BrNO2S. The predicted octanol–water partition coefficient (Wildman–Crippen LogP) is 3.11. The van der Waals surface area contributed by atoms with E-state index in [0.29, 0.717) is 12.1 Å². The molecule has 1 aliphatic heterocycles. The maximum atomic E-state index is 5.92. The summed E-state index contributed by atoms with van der Waals surface area (Å²) in [5, 5.41) is 3.56. The fourth-order valence-corrected chi connectivity index (χ4v) is 3.96. The second kappa shape index (κ2) is 8.27. The Balaban J connectivity index is 2.04. The van der Waals surface area contributed by atoms with Crippen LogP contribution in [-0.4, -0.2) is 43.9 Å². The third-order valence-electron chi connectivity index (χ3n) is 3.43. The van der Waals surface area contributed by atoms with Crippen LogP contribution in [-0.2, 0) is 11.2 Å². The number of benzene rings is 1. The highest BCUT2D eigenvalue weighted by atomic mass is 79.9. The van der Waals surface area contributed by atoms with Crippen molar-refractivity contribution >= 4 is 27.7 Å². The third kappa shape index (κ3) is 4.38. The highest BCUT2D eigenvalue weighted by Crippen LogP contribution is 2.27. The molecule has 1 aromatic carbocycles. The summed E-state index contributed by atoms with van der Waals surface area (Å²) in [6.07, 6.45) is 1.27. The number of rotatable bonds is 6. The molecule has 20 heavy (non-hydrogen) atoms. The van der Waals surface area contributed by atoms with Crippen molar-refractivity contribution in [3.05, 3.63) is 28.2 Å². The van der Waals surface area contributed by atoms with Gasteiger partial charge in [0.1, 0.15) is 5.75 Å². The molecule has 5 heteroatoms. The number of nitrogens with one attached hydrogen (secondary N) is 1. The van der Waals surface area contributed by atoms with E-state index in [0.717, 1.165) is 41.3 Å². The minimum Gasteiger partial charge on any atom is -0.496 e. The van der Waals surface area contributed by atoms with Crippen LogP contribution in [0.2, 0.25) is 0 Å². The van der Waals surface area contributed by atoms with Crippen molar-refractivity contribution < 1.29 is 9.47 Å². The zero-order chi connectivity index (χ0) is 14.4. The van der Waals surface area contributed by atoms with Gasteiger partial charge in [-0.05, 0) is 46.6 Å². The topological polar surface area (TPSA) is 30.5 Å². The van der Waals surface area contributed by atoms with Gasteiger partial charge in [-0.2, -0.15) is 11.8 Å². The maximum absolute atomic E-state index is 5.92. The molecule has 0 spiro atoms. The molecule has 0 aromatic heterocycles. The van der Waals surface area contributed by atoms with E-state index in [1.54, 1.807) is 7.11 Å². The van der Waals surface area contributed by atoms with Crippen molar-refractivity contribution in [2.75, 3.05) is 31.8 Å². The summed E-state index contributed by atoms with van der Waals surface area (Å²) in [4.78, 5) is 0. The van der Waals surface area contributed by atoms with Crippen molar-refractivity contribution in [2.45, 2.75) is 25.5 Å². The Hall–Kier alpha value is -0.230. The molecule has 112 valence electrons. The predicted molar refractivity (Wildman–Crippen MR) is 88.9 cm³/mol. The fraction of sp³-hybridized carbons (Fsp3) is 0.600. The van der Waals surface area contributed by atoms with Crippen LogP contribution in [0, 0.1) is 0 Å². The van der Waals surface area contributed by atoms with Crippen LogP contribution in [0.3, 0.4) is 0 Å². The largest absolute Gasteiger partial charge is 0.496 e. The van der Waals surface area contributed by atoms with Gasteiger partial charge in [-0.15, -0.1) is 0 Å². The van der Waals surface area contributed by atoms with E-state index in [1.165, 1.54) is 5.56 Å². The molecule has 3 nitrogen and oxygen atoms in total. The average Bonchev–Trinajstić information content (AvgIpc) is 2.48. The molecule has 1 aromatic rings. The quantitative estimate of drug-likeness (QED) is 0.845. The van der Waals surface area contributed by atoms with E-state index in [1.807, 2.05) is 17.8 Å². The third-order valence-corrected chi connectivity index (χ3v) is 5.07. The number of thioether (sulfide) groups is 1. The van der Waals surface area contributed by atoms with Gasteiger partial charge in [-0.3, -0.25) is 0 Å². The van der Waals surface area contributed by atoms with Gasteiger partial charge in [0.05, 0.1) is 24.3 Å². The summed E-state index contributed by atoms with van der Waals surface area (Å²) in [7, 11) is 1.69. The zero-order valence-electron chi connectivity index (χ0n) is 12.0. The number of hydrogen-bond donors (Lipinski definition) is 1. The van der Waals surface area contributed by atoms with Crippen molar-refractivity contribution in [1.82, 2.24) is 5.32 Å². The lowest BCUT2D eigenvalue weighted by Crippen LogP contribution is -2.46. The van der Waals surface area contributed by atoms with Gasteiger partial charge >= 0.3 is 0 Å². The van der Waals surface area contributed by atoms with Crippen molar-refractivity contribution in [1.29, 1.82) is 0 Å². The molecule has 2 atom stereocenters. The first kappa shape index (κ1) is 16.1. The molecule has 2 unspecified atom stereocenters. The van der Waals surface area contributed by atoms with E-state index < -0.39 is 0 Å². The van der Waals surface area contributed by atoms with Gasteiger partial charge < -0.3 is 14.8 Å². The highest BCUT2D eigenvalue weighted by Gasteiger charge is 2.24.